The van der Waals surface area contributed by atoms with Crippen molar-refractivity contribution in [1.29, 1.82) is 0 Å². The second kappa shape index (κ2) is 8.07. The summed E-state index contributed by atoms with van der Waals surface area (Å²) in [5.41, 5.74) is 8.06. The number of nitrogens with zero attached hydrogens (tertiary/aromatic N) is 2. The Hall–Kier alpha value is -3.15. The average Bonchev–Trinajstić information content (AvgIpc) is 3.09. The zero-order valence-electron chi connectivity index (χ0n) is 16.3. The molecule has 0 bridgehead atoms. The summed E-state index contributed by atoms with van der Waals surface area (Å²) in [5.74, 6) is -0.632. The molecule has 150 valence electrons. The molecular formula is C23H25N3O3. The predicted octanol–water partition coefficient (Wildman–Crippen LogP) is 1.98. The van der Waals surface area contributed by atoms with Gasteiger partial charge in [-0.3, -0.25) is 14.4 Å². The lowest BCUT2D eigenvalue weighted by Gasteiger charge is -2.36. The maximum Gasteiger partial charge on any atom is 0.255 e. The zero-order chi connectivity index (χ0) is 20.4. The maximum absolute atomic E-state index is 13.5. The van der Waals surface area contributed by atoms with Crippen LogP contribution in [-0.4, -0.2) is 46.7 Å². The van der Waals surface area contributed by atoms with E-state index in [9.17, 15) is 14.4 Å². The van der Waals surface area contributed by atoms with Crippen molar-refractivity contribution in [2.45, 2.75) is 31.8 Å². The minimum Gasteiger partial charge on any atom is -0.369 e. The first-order valence-electron chi connectivity index (χ1n) is 10.1. The van der Waals surface area contributed by atoms with Crippen molar-refractivity contribution in [2.75, 3.05) is 13.1 Å². The van der Waals surface area contributed by atoms with E-state index in [1.165, 1.54) is 0 Å². The summed E-state index contributed by atoms with van der Waals surface area (Å²) in [4.78, 5) is 41.5. The largest absolute Gasteiger partial charge is 0.369 e. The number of hydrogen-bond acceptors (Lipinski definition) is 3. The van der Waals surface area contributed by atoms with Crippen molar-refractivity contribution in [3.05, 3.63) is 71.3 Å². The number of carbonyl (C=O) groups is 3. The molecule has 0 aliphatic carbocycles. The van der Waals surface area contributed by atoms with Crippen LogP contribution < -0.4 is 5.73 Å². The third kappa shape index (κ3) is 3.88. The van der Waals surface area contributed by atoms with E-state index < -0.39 is 6.04 Å². The number of primary amides is 1. The van der Waals surface area contributed by atoms with Crippen molar-refractivity contribution in [2.24, 2.45) is 11.7 Å². The van der Waals surface area contributed by atoms with Gasteiger partial charge in [0.2, 0.25) is 11.8 Å². The fraction of sp³-hybridized carbons (Fsp3) is 0.348. The summed E-state index contributed by atoms with van der Waals surface area (Å²) in [7, 11) is 0. The number of amides is 3. The summed E-state index contributed by atoms with van der Waals surface area (Å²) < 4.78 is 0. The molecule has 2 N–H and O–H groups in total. The van der Waals surface area contributed by atoms with Gasteiger partial charge in [0, 0.05) is 37.5 Å². The molecule has 3 amide bonds. The molecule has 29 heavy (non-hydrogen) atoms. The number of carbonyl (C=O) groups excluding carboxylic acids is 3. The summed E-state index contributed by atoms with van der Waals surface area (Å²) in [5, 5.41) is 0. The smallest absolute Gasteiger partial charge is 0.255 e. The Morgan fingerprint density at radius 2 is 1.66 bits per heavy atom. The fourth-order valence-corrected chi connectivity index (χ4v) is 4.29. The van der Waals surface area contributed by atoms with Crippen LogP contribution in [0.4, 0.5) is 0 Å². The van der Waals surface area contributed by atoms with E-state index in [0.717, 1.165) is 11.1 Å². The first-order valence-corrected chi connectivity index (χ1v) is 10.1. The zero-order valence-corrected chi connectivity index (χ0v) is 16.3. The van der Waals surface area contributed by atoms with Gasteiger partial charge in [-0.25, -0.2) is 0 Å². The predicted molar refractivity (Wildman–Crippen MR) is 109 cm³/mol. The topological polar surface area (TPSA) is 83.7 Å². The third-order valence-corrected chi connectivity index (χ3v) is 5.99. The molecule has 0 radical (unpaired) electrons. The highest BCUT2D eigenvalue weighted by Crippen LogP contribution is 2.28. The van der Waals surface area contributed by atoms with Crippen LogP contribution in [0.15, 0.2) is 54.6 Å². The van der Waals surface area contributed by atoms with Crippen molar-refractivity contribution < 1.29 is 14.4 Å². The van der Waals surface area contributed by atoms with Gasteiger partial charge in [-0.1, -0.05) is 48.5 Å². The summed E-state index contributed by atoms with van der Waals surface area (Å²) >= 11 is 0. The van der Waals surface area contributed by atoms with Crippen LogP contribution in [0.25, 0.3) is 0 Å². The van der Waals surface area contributed by atoms with Crippen LogP contribution in [0.1, 0.15) is 34.3 Å². The number of nitrogens with two attached hydrogens (primary N) is 1. The molecular weight excluding hydrogens is 366 g/mol. The highest BCUT2D eigenvalue weighted by Gasteiger charge is 2.39. The Labute approximate surface area is 170 Å². The van der Waals surface area contributed by atoms with Gasteiger partial charge in [-0.05, 0) is 30.0 Å². The van der Waals surface area contributed by atoms with Crippen molar-refractivity contribution in [3.8, 4) is 0 Å². The van der Waals surface area contributed by atoms with E-state index >= 15 is 0 Å². The van der Waals surface area contributed by atoms with Crippen LogP contribution >= 0.6 is 0 Å². The van der Waals surface area contributed by atoms with Crippen LogP contribution in [0, 0.1) is 5.92 Å². The van der Waals surface area contributed by atoms with E-state index in [1.54, 1.807) is 9.80 Å². The lowest BCUT2D eigenvalue weighted by molar-refractivity contribution is -0.139. The molecule has 2 aromatic rings. The lowest BCUT2D eigenvalue weighted by atomic mass is 9.95. The highest BCUT2D eigenvalue weighted by molar-refractivity contribution is 6.01. The molecule has 0 spiro atoms. The summed E-state index contributed by atoms with van der Waals surface area (Å²) in [6.45, 7) is 1.43. The second-order valence-electron chi connectivity index (χ2n) is 7.80. The van der Waals surface area contributed by atoms with Gasteiger partial charge in [-0.2, -0.15) is 0 Å². The molecule has 6 heteroatoms. The van der Waals surface area contributed by atoms with Gasteiger partial charge in [0.15, 0.2) is 0 Å². The first kappa shape index (κ1) is 19.2. The van der Waals surface area contributed by atoms with Crippen LogP contribution in [0.5, 0.6) is 0 Å². The SMILES string of the molecule is NC(=O)C1CCN(C(=O)[C@@H](Cc2ccccc2)N2Cc3ccccc3C2=O)CC1. The van der Waals surface area contributed by atoms with Crippen molar-refractivity contribution in [1.82, 2.24) is 9.80 Å². The molecule has 2 aromatic carbocycles. The number of rotatable bonds is 5. The molecule has 0 unspecified atom stereocenters. The first-order chi connectivity index (χ1) is 14.0. The van der Waals surface area contributed by atoms with E-state index in [2.05, 4.69) is 0 Å². The number of benzene rings is 2. The number of piperidine rings is 1. The van der Waals surface area contributed by atoms with Crippen LogP contribution in [-0.2, 0) is 22.6 Å². The molecule has 4 rings (SSSR count). The number of hydrogen-bond donors (Lipinski definition) is 1. The maximum atomic E-state index is 13.5. The summed E-state index contributed by atoms with van der Waals surface area (Å²) in [6, 6.07) is 16.7. The van der Waals surface area contributed by atoms with E-state index in [0.29, 0.717) is 44.5 Å². The van der Waals surface area contributed by atoms with Crippen LogP contribution in [0.3, 0.4) is 0 Å². The molecule has 0 aromatic heterocycles. The molecule has 1 atom stereocenters. The monoisotopic (exact) mass is 391 g/mol. The lowest BCUT2D eigenvalue weighted by Crippen LogP contribution is -2.52. The van der Waals surface area contributed by atoms with Gasteiger partial charge < -0.3 is 15.5 Å². The minimum absolute atomic E-state index is 0.0575. The summed E-state index contributed by atoms with van der Waals surface area (Å²) in [6.07, 6.45) is 1.62. The van der Waals surface area contributed by atoms with E-state index in [4.69, 9.17) is 5.73 Å². The standard InChI is InChI=1S/C23H25N3O3/c24-21(27)17-10-12-25(13-11-17)23(29)20(14-16-6-2-1-3-7-16)26-15-18-8-4-5-9-19(18)22(26)28/h1-9,17,20H,10-15H2,(H2,24,27)/t20-/m1/s1. The quantitative estimate of drug-likeness (QED) is 0.846. The van der Waals surface area contributed by atoms with Gasteiger partial charge in [0.05, 0.1) is 0 Å². The Morgan fingerprint density at radius 3 is 2.31 bits per heavy atom. The molecule has 0 saturated carbocycles. The van der Waals surface area contributed by atoms with Crippen molar-refractivity contribution in [3.63, 3.8) is 0 Å². The molecule has 1 saturated heterocycles. The molecule has 1 fully saturated rings. The van der Waals surface area contributed by atoms with Gasteiger partial charge >= 0.3 is 0 Å². The van der Waals surface area contributed by atoms with Crippen molar-refractivity contribution >= 4 is 17.7 Å². The van der Waals surface area contributed by atoms with Gasteiger partial charge in [0.25, 0.3) is 5.91 Å². The minimum atomic E-state index is -0.567. The Balaban J connectivity index is 1.57. The molecule has 6 nitrogen and oxygen atoms in total. The van der Waals surface area contributed by atoms with E-state index in [1.807, 2.05) is 54.6 Å². The van der Waals surface area contributed by atoms with E-state index in [-0.39, 0.29) is 23.6 Å². The Kier molecular flexibility index (Phi) is 5.34. The average molecular weight is 391 g/mol. The normalized spacial score (nSPS) is 17.9. The van der Waals surface area contributed by atoms with Gasteiger partial charge in [-0.15, -0.1) is 0 Å². The Morgan fingerprint density at radius 1 is 1.00 bits per heavy atom. The number of fused-ring (bicyclic) bond motifs is 1. The number of likely N-dealkylation sites (tertiary alicyclic amines) is 1. The Bertz CT molecular complexity index is 920. The van der Waals surface area contributed by atoms with Crippen LogP contribution in [0.2, 0.25) is 0 Å². The third-order valence-electron chi connectivity index (χ3n) is 5.99. The highest BCUT2D eigenvalue weighted by atomic mass is 16.2. The molecule has 2 aliphatic heterocycles. The second-order valence-corrected chi connectivity index (χ2v) is 7.80. The molecule has 2 aliphatic rings. The molecule has 2 heterocycles. The van der Waals surface area contributed by atoms with Gasteiger partial charge in [0.1, 0.15) is 6.04 Å². The fourth-order valence-electron chi connectivity index (χ4n) is 4.29.